The van der Waals surface area contributed by atoms with Gasteiger partial charge in [0.15, 0.2) is 0 Å². The number of carbonyl (C=O) groups excluding carboxylic acids is 1. The summed E-state index contributed by atoms with van der Waals surface area (Å²) in [5.41, 5.74) is 0.491. The molecule has 1 aromatic carbocycles. The predicted molar refractivity (Wildman–Crippen MR) is 80.5 cm³/mol. The zero-order valence-electron chi connectivity index (χ0n) is 12.6. The first kappa shape index (κ1) is 14.6. The van der Waals surface area contributed by atoms with Gasteiger partial charge in [-0.1, -0.05) is 37.3 Å². The molecule has 2 saturated heterocycles. The van der Waals surface area contributed by atoms with E-state index in [-0.39, 0.29) is 18.4 Å². The molecule has 2 unspecified atom stereocenters. The summed E-state index contributed by atoms with van der Waals surface area (Å²) in [6, 6.07) is 9.85. The summed E-state index contributed by atoms with van der Waals surface area (Å²) in [6.45, 7) is 3.67. The number of rotatable bonds is 4. The molecule has 0 aromatic heterocycles. The van der Waals surface area contributed by atoms with Gasteiger partial charge in [-0.3, -0.25) is 4.79 Å². The van der Waals surface area contributed by atoms with E-state index in [1.165, 1.54) is 0 Å². The van der Waals surface area contributed by atoms with Crippen LogP contribution in [0.1, 0.15) is 18.9 Å². The lowest BCUT2D eigenvalue weighted by Gasteiger charge is -2.36. The minimum atomic E-state index is -0.504. The van der Waals surface area contributed by atoms with Crippen LogP contribution in [0.5, 0.6) is 0 Å². The van der Waals surface area contributed by atoms with E-state index in [1.54, 1.807) is 0 Å². The summed E-state index contributed by atoms with van der Waals surface area (Å²) < 4.78 is 17.1. The van der Waals surface area contributed by atoms with E-state index in [0.29, 0.717) is 25.0 Å². The van der Waals surface area contributed by atoms with E-state index in [9.17, 15) is 4.79 Å². The van der Waals surface area contributed by atoms with Crippen molar-refractivity contribution in [2.24, 2.45) is 11.8 Å². The molecular formula is C16H21BO4. The van der Waals surface area contributed by atoms with Gasteiger partial charge in [0.05, 0.1) is 19.6 Å². The third-order valence-corrected chi connectivity index (χ3v) is 4.84. The molecule has 4 nitrogen and oxygen atoms in total. The monoisotopic (exact) mass is 288 g/mol. The van der Waals surface area contributed by atoms with Gasteiger partial charge in [-0.2, -0.15) is 0 Å². The number of esters is 1. The molecule has 2 aliphatic rings. The summed E-state index contributed by atoms with van der Waals surface area (Å²) in [6.07, 6.45) is 0.266. The number of ether oxygens (including phenoxy) is 3. The SMILES string of the molecule is B[C@@H]1O[C@@]2(CC(=O)OCc3ccccc3)COCC1C2C. The van der Waals surface area contributed by atoms with E-state index in [1.807, 2.05) is 30.3 Å². The second kappa shape index (κ2) is 5.81. The minimum absolute atomic E-state index is 0.143. The molecule has 0 aliphatic carbocycles. The Labute approximate surface area is 126 Å². The molecule has 2 fully saturated rings. The smallest absolute Gasteiger partial charge is 0.309 e. The van der Waals surface area contributed by atoms with E-state index < -0.39 is 5.60 Å². The highest BCUT2D eigenvalue weighted by Gasteiger charge is 2.55. The number of hydrogen-bond acceptors (Lipinski definition) is 4. The number of benzene rings is 1. The third-order valence-electron chi connectivity index (χ3n) is 4.84. The quantitative estimate of drug-likeness (QED) is 0.615. The van der Waals surface area contributed by atoms with E-state index in [0.717, 1.165) is 12.2 Å². The molecule has 1 aromatic rings. The molecule has 5 heteroatoms. The van der Waals surface area contributed by atoms with Crippen LogP contribution < -0.4 is 0 Å². The van der Waals surface area contributed by atoms with Crippen molar-refractivity contribution >= 4 is 13.8 Å². The first-order chi connectivity index (χ1) is 10.1. The maximum Gasteiger partial charge on any atom is 0.309 e. The lowest BCUT2D eigenvalue weighted by Crippen LogP contribution is -2.46. The van der Waals surface area contributed by atoms with Gasteiger partial charge in [0.2, 0.25) is 0 Å². The Morgan fingerprint density at radius 3 is 2.95 bits per heavy atom. The normalized spacial score (nSPS) is 34.6. The molecule has 2 bridgehead atoms. The second-order valence-corrected chi connectivity index (χ2v) is 6.18. The molecule has 0 radical (unpaired) electrons. The molecule has 112 valence electrons. The molecular weight excluding hydrogens is 267 g/mol. The predicted octanol–water partition coefficient (Wildman–Crippen LogP) is 1.13. The van der Waals surface area contributed by atoms with Crippen LogP contribution >= 0.6 is 0 Å². The Hall–Kier alpha value is -1.33. The van der Waals surface area contributed by atoms with Gasteiger partial charge in [-0.25, -0.2) is 0 Å². The van der Waals surface area contributed by atoms with Crippen LogP contribution in [0.25, 0.3) is 0 Å². The van der Waals surface area contributed by atoms with E-state index >= 15 is 0 Å². The van der Waals surface area contributed by atoms with Gasteiger partial charge in [0.1, 0.15) is 20.1 Å². The maximum atomic E-state index is 12.2. The highest BCUT2D eigenvalue weighted by atomic mass is 16.6. The Morgan fingerprint density at radius 2 is 2.19 bits per heavy atom. The molecule has 0 saturated carbocycles. The fourth-order valence-corrected chi connectivity index (χ4v) is 3.46. The summed E-state index contributed by atoms with van der Waals surface area (Å²) in [5.74, 6) is 0.482. The summed E-state index contributed by atoms with van der Waals surface area (Å²) >= 11 is 0. The number of carbonyl (C=O) groups is 1. The fourth-order valence-electron chi connectivity index (χ4n) is 3.46. The van der Waals surface area contributed by atoms with Crippen LogP contribution in [0.2, 0.25) is 0 Å². The zero-order valence-corrected chi connectivity index (χ0v) is 12.6. The van der Waals surface area contributed by atoms with Crippen molar-refractivity contribution in [3.8, 4) is 0 Å². The molecule has 0 N–H and O–H groups in total. The summed E-state index contributed by atoms with van der Waals surface area (Å²) in [7, 11) is 2.06. The van der Waals surface area contributed by atoms with Crippen molar-refractivity contribution in [3.05, 3.63) is 35.9 Å². The average Bonchev–Trinajstić information content (AvgIpc) is 2.62. The summed E-state index contributed by atoms with van der Waals surface area (Å²) in [4.78, 5) is 12.2. The van der Waals surface area contributed by atoms with E-state index in [2.05, 4.69) is 14.8 Å². The largest absolute Gasteiger partial charge is 0.461 e. The number of hydrogen-bond donors (Lipinski definition) is 0. The fraction of sp³-hybridized carbons (Fsp3) is 0.562. The first-order valence-corrected chi connectivity index (χ1v) is 7.56. The molecule has 3 rings (SSSR count). The van der Waals surface area contributed by atoms with E-state index in [4.69, 9.17) is 14.2 Å². The first-order valence-electron chi connectivity index (χ1n) is 7.56. The van der Waals surface area contributed by atoms with Crippen molar-refractivity contribution < 1.29 is 19.0 Å². The average molecular weight is 288 g/mol. The van der Waals surface area contributed by atoms with Crippen LogP contribution in [0.4, 0.5) is 0 Å². The van der Waals surface area contributed by atoms with Crippen LogP contribution in [0.15, 0.2) is 30.3 Å². The lowest BCUT2D eigenvalue weighted by molar-refractivity contribution is -0.159. The van der Waals surface area contributed by atoms with Crippen molar-refractivity contribution in [3.63, 3.8) is 0 Å². The molecule has 21 heavy (non-hydrogen) atoms. The van der Waals surface area contributed by atoms with Gasteiger partial charge in [-0.05, 0) is 11.5 Å². The maximum absolute atomic E-state index is 12.2. The van der Waals surface area contributed by atoms with Gasteiger partial charge in [-0.15, -0.1) is 0 Å². The molecule has 2 aliphatic heterocycles. The number of fused-ring (bicyclic) bond motifs is 2. The van der Waals surface area contributed by atoms with Crippen LogP contribution in [-0.2, 0) is 25.6 Å². The Morgan fingerprint density at radius 1 is 1.43 bits per heavy atom. The molecule has 2 heterocycles. The Kier molecular flexibility index (Phi) is 4.04. The Bertz CT molecular complexity index is 506. The van der Waals surface area contributed by atoms with Crippen LogP contribution in [0, 0.1) is 11.8 Å². The lowest BCUT2D eigenvalue weighted by atomic mass is 9.74. The second-order valence-electron chi connectivity index (χ2n) is 6.18. The standard InChI is InChI=1S/C16H21BO4/c1-11-13-9-19-10-16(11,21-15(13)17)7-14(18)20-8-12-5-3-2-4-6-12/h2-6,11,13,15H,7-10,17H2,1H3/t11?,13?,15-,16+/m1/s1. The topological polar surface area (TPSA) is 44.8 Å². The van der Waals surface area contributed by atoms with Gasteiger partial charge >= 0.3 is 5.97 Å². The van der Waals surface area contributed by atoms with Crippen LogP contribution in [0.3, 0.4) is 0 Å². The third kappa shape index (κ3) is 2.85. The van der Waals surface area contributed by atoms with Crippen molar-refractivity contribution in [2.75, 3.05) is 13.2 Å². The van der Waals surface area contributed by atoms with Crippen molar-refractivity contribution in [1.29, 1.82) is 0 Å². The molecule has 4 atom stereocenters. The van der Waals surface area contributed by atoms with Gasteiger partial charge < -0.3 is 14.2 Å². The van der Waals surface area contributed by atoms with Crippen molar-refractivity contribution in [2.45, 2.75) is 31.6 Å². The van der Waals surface area contributed by atoms with Gasteiger partial charge in [0.25, 0.3) is 0 Å². The van der Waals surface area contributed by atoms with Crippen LogP contribution in [-0.4, -0.2) is 38.6 Å². The van der Waals surface area contributed by atoms with Gasteiger partial charge in [0, 0.05) is 11.9 Å². The molecule has 0 spiro atoms. The summed E-state index contributed by atoms with van der Waals surface area (Å²) in [5, 5.41) is 0. The van der Waals surface area contributed by atoms with Crippen molar-refractivity contribution in [1.82, 2.24) is 0 Å². The molecule has 0 amide bonds. The minimum Gasteiger partial charge on any atom is -0.461 e. The highest BCUT2D eigenvalue weighted by molar-refractivity contribution is 6.11. The zero-order chi connectivity index (χ0) is 14.9. The Balaban J connectivity index is 1.59. The highest BCUT2D eigenvalue weighted by Crippen LogP contribution is 2.45.